The molecular formula is C6H8O4. The number of epoxide rings is 2. The van der Waals surface area contributed by atoms with Gasteiger partial charge in [0.1, 0.15) is 12.2 Å². The van der Waals surface area contributed by atoms with Gasteiger partial charge in [-0.25, -0.2) is 0 Å². The van der Waals surface area contributed by atoms with Gasteiger partial charge in [0, 0.05) is 0 Å². The van der Waals surface area contributed by atoms with Crippen molar-refractivity contribution in [2.24, 2.45) is 0 Å². The van der Waals surface area contributed by atoms with Gasteiger partial charge in [-0.05, 0) is 0 Å². The molecule has 0 aromatic carbocycles. The van der Waals surface area contributed by atoms with E-state index in [9.17, 15) is 0 Å². The molecular weight excluding hydrogens is 136 g/mol. The van der Waals surface area contributed by atoms with Gasteiger partial charge in [0.2, 0.25) is 0 Å². The number of hydrogen-bond acceptors (Lipinski definition) is 4. The SMILES string of the molecule is C1OC1C1OC(C2CO2)O1. The molecule has 56 valence electrons. The van der Waals surface area contributed by atoms with Crippen LogP contribution in [-0.4, -0.2) is 38.0 Å². The monoisotopic (exact) mass is 144 g/mol. The van der Waals surface area contributed by atoms with Gasteiger partial charge in [-0.2, -0.15) is 0 Å². The van der Waals surface area contributed by atoms with Crippen LogP contribution in [0.15, 0.2) is 0 Å². The second kappa shape index (κ2) is 1.71. The fourth-order valence-electron chi connectivity index (χ4n) is 1.05. The van der Waals surface area contributed by atoms with Gasteiger partial charge in [-0.15, -0.1) is 0 Å². The molecule has 3 heterocycles. The molecule has 0 radical (unpaired) electrons. The van der Waals surface area contributed by atoms with E-state index in [4.69, 9.17) is 18.9 Å². The minimum Gasteiger partial charge on any atom is -0.368 e. The van der Waals surface area contributed by atoms with Gasteiger partial charge in [-0.1, -0.05) is 0 Å². The zero-order chi connectivity index (χ0) is 6.55. The van der Waals surface area contributed by atoms with Crippen LogP contribution in [0.1, 0.15) is 0 Å². The van der Waals surface area contributed by atoms with E-state index in [0.717, 1.165) is 13.2 Å². The van der Waals surface area contributed by atoms with Crippen LogP contribution in [0.2, 0.25) is 0 Å². The smallest absolute Gasteiger partial charge is 0.192 e. The van der Waals surface area contributed by atoms with Crippen LogP contribution in [0.3, 0.4) is 0 Å². The van der Waals surface area contributed by atoms with E-state index in [2.05, 4.69) is 0 Å². The van der Waals surface area contributed by atoms with Crippen molar-refractivity contribution in [2.75, 3.05) is 13.2 Å². The topological polar surface area (TPSA) is 43.5 Å². The lowest BCUT2D eigenvalue weighted by atomic mass is 10.3. The second-order valence-corrected chi connectivity index (χ2v) is 2.75. The summed E-state index contributed by atoms with van der Waals surface area (Å²) in [6, 6.07) is 0. The molecule has 0 aliphatic carbocycles. The van der Waals surface area contributed by atoms with Gasteiger partial charge < -0.3 is 18.9 Å². The first-order chi connectivity index (χ1) is 4.93. The Labute approximate surface area is 58.0 Å². The molecule has 0 bridgehead atoms. The first-order valence-corrected chi connectivity index (χ1v) is 3.47. The number of ether oxygens (including phenoxy) is 4. The lowest BCUT2D eigenvalue weighted by molar-refractivity contribution is -0.391. The first-order valence-electron chi connectivity index (χ1n) is 3.47. The van der Waals surface area contributed by atoms with Crippen LogP contribution >= 0.6 is 0 Å². The highest BCUT2D eigenvalue weighted by atomic mass is 16.9. The standard InChI is InChI=1S/C6H8O4/c1-3(7-1)5-9-6(10-5)4-2-8-4/h3-6H,1-2H2. The molecule has 4 heteroatoms. The molecule has 0 aromatic rings. The van der Waals surface area contributed by atoms with Crippen LogP contribution in [0.4, 0.5) is 0 Å². The molecule has 2 unspecified atom stereocenters. The van der Waals surface area contributed by atoms with E-state index in [1.54, 1.807) is 0 Å². The van der Waals surface area contributed by atoms with Crippen molar-refractivity contribution in [3.8, 4) is 0 Å². The maximum absolute atomic E-state index is 5.31. The maximum Gasteiger partial charge on any atom is 0.192 e. The third-order valence-corrected chi connectivity index (χ3v) is 1.86. The van der Waals surface area contributed by atoms with E-state index in [1.165, 1.54) is 0 Å². The van der Waals surface area contributed by atoms with Gasteiger partial charge in [0.05, 0.1) is 13.2 Å². The Kier molecular flexibility index (Phi) is 0.936. The molecule has 3 saturated heterocycles. The summed E-state index contributed by atoms with van der Waals surface area (Å²) in [5, 5.41) is 0. The highest BCUT2D eigenvalue weighted by Crippen LogP contribution is 2.33. The maximum atomic E-state index is 5.31. The van der Waals surface area contributed by atoms with Gasteiger partial charge in [-0.3, -0.25) is 0 Å². The van der Waals surface area contributed by atoms with Gasteiger partial charge in [0.25, 0.3) is 0 Å². The zero-order valence-corrected chi connectivity index (χ0v) is 5.36. The van der Waals surface area contributed by atoms with Crippen molar-refractivity contribution in [1.29, 1.82) is 0 Å². The predicted octanol–water partition coefficient (Wildman–Crippen LogP) is -0.517. The van der Waals surface area contributed by atoms with E-state index in [0.29, 0.717) is 0 Å². The Balaban J connectivity index is 1.51. The highest BCUT2D eigenvalue weighted by Gasteiger charge is 2.50. The van der Waals surface area contributed by atoms with Crippen LogP contribution in [0, 0.1) is 0 Å². The highest BCUT2D eigenvalue weighted by molar-refractivity contribution is 4.84. The molecule has 3 aliphatic rings. The average molecular weight is 144 g/mol. The fraction of sp³-hybridized carbons (Fsp3) is 1.00. The molecule has 10 heavy (non-hydrogen) atoms. The minimum atomic E-state index is -0.103. The third kappa shape index (κ3) is 0.769. The summed E-state index contributed by atoms with van der Waals surface area (Å²) in [7, 11) is 0. The molecule has 3 aliphatic heterocycles. The third-order valence-electron chi connectivity index (χ3n) is 1.86. The molecule has 2 atom stereocenters. The lowest BCUT2D eigenvalue weighted by Gasteiger charge is -2.33. The summed E-state index contributed by atoms with van der Waals surface area (Å²) in [6.07, 6.45) is 0.202. The minimum absolute atomic E-state index is 0.103. The Morgan fingerprint density at radius 1 is 0.800 bits per heavy atom. The van der Waals surface area contributed by atoms with Crippen LogP contribution in [0.25, 0.3) is 0 Å². The quantitative estimate of drug-likeness (QED) is 0.489. The Morgan fingerprint density at radius 3 is 1.50 bits per heavy atom. The predicted molar refractivity (Wildman–Crippen MR) is 29.2 cm³/mol. The summed E-state index contributed by atoms with van der Waals surface area (Å²) in [6.45, 7) is 1.56. The van der Waals surface area contributed by atoms with Crippen molar-refractivity contribution in [3.05, 3.63) is 0 Å². The molecule has 3 rings (SSSR count). The number of hydrogen-bond donors (Lipinski definition) is 0. The average Bonchev–Trinajstić information content (AvgIpc) is 2.51. The Hall–Kier alpha value is -0.160. The Morgan fingerprint density at radius 2 is 1.20 bits per heavy atom. The summed E-state index contributed by atoms with van der Waals surface area (Å²) < 4.78 is 20.6. The van der Waals surface area contributed by atoms with E-state index < -0.39 is 0 Å². The van der Waals surface area contributed by atoms with Crippen molar-refractivity contribution >= 4 is 0 Å². The largest absolute Gasteiger partial charge is 0.368 e. The first kappa shape index (κ1) is 5.49. The van der Waals surface area contributed by atoms with Crippen molar-refractivity contribution in [1.82, 2.24) is 0 Å². The Bertz CT molecular complexity index is 130. The van der Waals surface area contributed by atoms with Crippen LogP contribution in [-0.2, 0) is 18.9 Å². The van der Waals surface area contributed by atoms with Crippen LogP contribution < -0.4 is 0 Å². The molecule has 0 spiro atoms. The normalized spacial score (nSPS) is 57.6. The van der Waals surface area contributed by atoms with E-state index >= 15 is 0 Å². The molecule has 0 amide bonds. The zero-order valence-electron chi connectivity index (χ0n) is 5.36. The lowest BCUT2D eigenvalue weighted by Crippen LogP contribution is -2.47. The van der Waals surface area contributed by atoms with Gasteiger partial charge in [0.15, 0.2) is 12.6 Å². The van der Waals surface area contributed by atoms with E-state index in [1.807, 2.05) is 0 Å². The summed E-state index contributed by atoms with van der Waals surface area (Å²) in [4.78, 5) is 0. The van der Waals surface area contributed by atoms with Crippen molar-refractivity contribution < 1.29 is 18.9 Å². The van der Waals surface area contributed by atoms with Crippen LogP contribution in [0.5, 0.6) is 0 Å². The molecule has 3 fully saturated rings. The van der Waals surface area contributed by atoms with Crippen molar-refractivity contribution in [3.63, 3.8) is 0 Å². The second-order valence-electron chi connectivity index (χ2n) is 2.75. The van der Waals surface area contributed by atoms with Crippen molar-refractivity contribution in [2.45, 2.75) is 24.8 Å². The van der Waals surface area contributed by atoms with E-state index in [-0.39, 0.29) is 24.8 Å². The molecule has 0 N–H and O–H groups in total. The summed E-state index contributed by atoms with van der Waals surface area (Å²) in [5.74, 6) is 0. The van der Waals surface area contributed by atoms with Gasteiger partial charge >= 0.3 is 0 Å². The number of rotatable bonds is 2. The fourth-order valence-corrected chi connectivity index (χ4v) is 1.05. The summed E-state index contributed by atoms with van der Waals surface area (Å²) in [5.41, 5.74) is 0. The molecule has 0 aromatic heterocycles. The summed E-state index contributed by atoms with van der Waals surface area (Å²) >= 11 is 0. The molecule has 4 nitrogen and oxygen atoms in total. The molecule has 0 saturated carbocycles.